The molecular weight excluding hydrogens is 309 g/mol. The molecule has 1 atom stereocenters. The third-order valence-corrected chi connectivity index (χ3v) is 4.15. The molecule has 0 fully saturated rings. The molecule has 2 aromatic rings. The van der Waals surface area contributed by atoms with Crippen molar-refractivity contribution >= 4 is 23.2 Å². The van der Waals surface area contributed by atoms with Crippen molar-refractivity contribution in [1.82, 2.24) is 4.98 Å². The van der Waals surface area contributed by atoms with Crippen molar-refractivity contribution in [2.75, 3.05) is 10.6 Å². The van der Waals surface area contributed by atoms with Gasteiger partial charge in [-0.25, -0.2) is 4.39 Å². The highest BCUT2D eigenvalue weighted by atomic mass is 19.1. The number of benzene rings is 1. The van der Waals surface area contributed by atoms with Crippen LogP contribution in [0.1, 0.15) is 42.5 Å². The molecule has 24 heavy (non-hydrogen) atoms. The number of halogens is 1. The van der Waals surface area contributed by atoms with Gasteiger partial charge in [0.2, 0.25) is 11.8 Å². The van der Waals surface area contributed by atoms with Crippen LogP contribution in [-0.4, -0.2) is 16.8 Å². The fourth-order valence-corrected chi connectivity index (χ4v) is 2.89. The maximum Gasteiger partial charge on any atom is 0.225 e. The lowest BCUT2D eigenvalue weighted by atomic mass is 9.86. The highest BCUT2D eigenvalue weighted by Gasteiger charge is 2.30. The summed E-state index contributed by atoms with van der Waals surface area (Å²) in [6, 6.07) is 6.47. The Balaban J connectivity index is 2.07. The maximum atomic E-state index is 14.1. The number of hydrogen-bond acceptors (Lipinski definition) is 3. The molecule has 1 unspecified atom stereocenters. The van der Waals surface area contributed by atoms with Gasteiger partial charge in [0.05, 0.1) is 5.69 Å². The van der Waals surface area contributed by atoms with Crippen molar-refractivity contribution in [2.24, 2.45) is 0 Å². The fourth-order valence-electron chi connectivity index (χ4n) is 2.89. The molecule has 0 aliphatic carbocycles. The van der Waals surface area contributed by atoms with E-state index < -0.39 is 11.7 Å². The van der Waals surface area contributed by atoms with E-state index in [1.807, 2.05) is 13.0 Å². The highest BCUT2D eigenvalue weighted by molar-refractivity contribution is 5.98. The molecule has 0 bridgehead atoms. The van der Waals surface area contributed by atoms with Crippen molar-refractivity contribution in [3.8, 4) is 0 Å². The third-order valence-electron chi connectivity index (χ3n) is 4.15. The molecule has 0 saturated carbocycles. The number of fused-ring (bicyclic) bond motifs is 1. The van der Waals surface area contributed by atoms with E-state index in [0.29, 0.717) is 17.8 Å². The topological polar surface area (TPSA) is 71.1 Å². The Hall–Kier alpha value is -2.76. The Bertz CT molecular complexity index is 820. The van der Waals surface area contributed by atoms with Gasteiger partial charge < -0.3 is 10.6 Å². The molecule has 3 rings (SSSR count). The van der Waals surface area contributed by atoms with Crippen LogP contribution in [0.15, 0.2) is 30.5 Å². The van der Waals surface area contributed by atoms with Crippen molar-refractivity contribution in [1.29, 1.82) is 0 Å². The first-order chi connectivity index (χ1) is 11.5. The molecule has 0 saturated heterocycles. The monoisotopic (exact) mass is 327 g/mol. The molecule has 2 heterocycles. The standard InChI is InChI=1S/C18H18FN3O2/c1-3-16(23)21-14-9-15-11(7-10(14)2)12(8-17(24)22-15)18-13(19)5-4-6-20-18/h4-7,9,12H,3,8H2,1-2H3,(H,21,23)(H,22,24). The number of pyridine rings is 1. The molecule has 5 nitrogen and oxygen atoms in total. The molecular formula is C18H18FN3O2. The zero-order valence-electron chi connectivity index (χ0n) is 13.5. The predicted molar refractivity (Wildman–Crippen MR) is 89.4 cm³/mol. The lowest BCUT2D eigenvalue weighted by Gasteiger charge is -2.27. The summed E-state index contributed by atoms with van der Waals surface area (Å²) < 4.78 is 14.1. The van der Waals surface area contributed by atoms with Crippen molar-refractivity contribution in [3.05, 3.63) is 53.1 Å². The predicted octanol–water partition coefficient (Wildman–Crippen LogP) is 3.35. The second-order valence-corrected chi connectivity index (χ2v) is 5.83. The number of hydrogen-bond donors (Lipinski definition) is 2. The van der Waals surface area contributed by atoms with E-state index in [9.17, 15) is 14.0 Å². The van der Waals surface area contributed by atoms with E-state index >= 15 is 0 Å². The second kappa shape index (κ2) is 6.39. The first kappa shape index (κ1) is 16.1. The summed E-state index contributed by atoms with van der Waals surface area (Å²) in [5.41, 5.74) is 3.15. The Morgan fingerprint density at radius 1 is 1.46 bits per heavy atom. The van der Waals surface area contributed by atoms with E-state index in [2.05, 4.69) is 15.6 Å². The molecule has 2 amide bonds. The van der Waals surface area contributed by atoms with Crippen molar-refractivity contribution in [3.63, 3.8) is 0 Å². The quantitative estimate of drug-likeness (QED) is 0.908. The summed E-state index contributed by atoms with van der Waals surface area (Å²) in [6.45, 7) is 3.64. The Morgan fingerprint density at radius 3 is 2.96 bits per heavy atom. The SMILES string of the molecule is CCC(=O)Nc1cc2c(cc1C)C(c1ncccc1F)CC(=O)N2. The van der Waals surface area contributed by atoms with E-state index in [0.717, 1.165) is 11.1 Å². The number of nitrogens with one attached hydrogen (secondary N) is 2. The van der Waals surface area contributed by atoms with Gasteiger partial charge in [0.1, 0.15) is 5.82 Å². The molecule has 2 N–H and O–H groups in total. The summed E-state index contributed by atoms with van der Waals surface area (Å²) in [5, 5.41) is 5.61. The van der Waals surface area contributed by atoms with Crippen molar-refractivity contribution < 1.29 is 14.0 Å². The lowest BCUT2D eigenvalue weighted by Crippen LogP contribution is -2.25. The summed E-state index contributed by atoms with van der Waals surface area (Å²) in [6.07, 6.45) is 2.03. The normalized spacial score (nSPS) is 16.3. The van der Waals surface area contributed by atoms with Crippen LogP contribution in [-0.2, 0) is 9.59 Å². The Morgan fingerprint density at radius 2 is 2.25 bits per heavy atom. The lowest BCUT2D eigenvalue weighted by molar-refractivity contribution is -0.117. The Labute approximate surface area is 139 Å². The number of aryl methyl sites for hydroxylation is 1. The summed E-state index contributed by atoms with van der Waals surface area (Å²) in [5.74, 6) is -1.17. The number of carbonyl (C=O) groups excluding carboxylic acids is 2. The minimum absolute atomic E-state index is 0.104. The van der Waals surface area contributed by atoms with Crippen LogP contribution in [0.3, 0.4) is 0 Å². The van der Waals surface area contributed by atoms with E-state index in [4.69, 9.17) is 0 Å². The maximum absolute atomic E-state index is 14.1. The average Bonchev–Trinajstić information content (AvgIpc) is 2.56. The van der Waals surface area contributed by atoms with Gasteiger partial charge in [-0.05, 0) is 36.2 Å². The summed E-state index contributed by atoms with van der Waals surface area (Å²) in [7, 11) is 0. The molecule has 0 spiro atoms. The first-order valence-corrected chi connectivity index (χ1v) is 7.84. The minimum atomic E-state index is -0.440. The molecule has 1 aromatic heterocycles. The fraction of sp³-hybridized carbons (Fsp3) is 0.278. The summed E-state index contributed by atoms with van der Waals surface area (Å²) in [4.78, 5) is 27.8. The van der Waals surface area contributed by atoms with Gasteiger partial charge in [-0.15, -0.1) is 0 Å². The van der Waals surface area contributed by atoms with Crippen molar-refractivity contribution in [2.45, 2.75) is 32.6 Å². The van der Waals surface area contributed by atoms with Crippen LogP contribution in [0.4, 0.5) is 15.8 Å². The van der Waals surface area contributed by atoms with Gasteiger partial charge in [-0.1, -0.05) is 13.0 Å². The number of amides is 2. The minimum Gasteiger partial charge on any atom is -0.326 e. The molecule has 1 aliphatic heterocycles. The van der Waals surface area contributed by atoms with Crippen LogP contribution in [0.5, 0.6) is 0 Å². The van der Waals surface area contributed by atoms with Gasteiger partial charge in [-0.3, -0.25) is 14.6 Å². The summed E-state index contributed by atoms with van der Waals surface area (Å²) >= 11 is 0. The van der Waals surface area contributed by atoms with E-state index in [-0.39, 0.29) is 23.9 Å². The number of nitrogens with zero attached hydrogens (tertiary/aromatic N) is 1. The highest BCUT2D eigenvalue weighted by Crippen LogP contribution is 2.39. The smallest absolute Gasteiger partial charge is 0.225 e. The number of rotatable bonds is 3. The number of aromatic nitrogens is 1. The van der Waals surface area contributed by atoms with E-state index in [1.165, 1.54) is 18.3 Å². The van der Waals surface area contributed by atoms with Crippen LogP contribution in [0, 0.1) is 12.7 Å². The largest absolute Gasteiger partial charge is 0.326 e. The average molecular weight is 327 g/mol. The van der Waals surface area contributed by atoms with Gasteiger partial charge in [0, 0.05) is 36.3 Å². The van der Waals surface area contributed by atoms with Crippen LogP contribution >= 0.6 is 0 Å². The van der Waals surface area contributed by atoms with Gasteiger partial charge in [0.25, 0.3) is 0 Å². The van der Waals surface area contributed by atoms with Crippen LogP contribution in [0.25, 0.3) is 0 Å². The van der Waals surface area contributed by atoms with Crippen LogP contribution < -0.4 is 10.6 Å². The third kappa shape index (κ3) is 2.99. The molecule has 1 aromatic carbocycles. The zero-order chi connectivity index (χ0) is 17.3. The van der Waals surface area contributed by atoms with Gasteiger partial charge in [0.15, 0.2) is 0 Å². The first-order valence-electron chi connectivity index (χ1n) is 7.84. The van der Waals surface area contributed by atoms with Gasteiger partial charge >= 0.3 is 0 Å². The zero-order valence-corrected chi connectivity index (χ0v) is 13.5. The molecule has 124 valence electrons. The molecule has 0 radical (unpaired) electrons. The molecule has 1 aliphatic rings. The van der Waals surface area contributed by atoms with Gasteiger partial charge in [-0.2, -0.15) is 0 Å². The Kier molecular flexibility index (Phi) is 4.29. The number of anilines is 2. The van der Waals surface area contributed by atoms with E-state index in [1.54, 1.807) is 13.0 Å². The second-order valence-electron chi connectivity index (χ2n) is 5.83. The van der Waals surface area contributed by atoms with Crippen LogP contribution in [0.2, 0.25) is 0 Å². The number of carbonyl (C=O) groups is 2. The molecule has 6 heteroatoms.